The number of halogens is 3. The first-order chi connectivity index (χ1) is 5.45. The second-order valence-corrected chi connectivity index (χ2v) is 2.99. The molecule has 0 radical (unpaired) electrons. The van der Waals surface area contributed by atoms with Gasteiger partial charge in [-0.25, -0.2) is 0 Å². The largest absolute Gasteiger partial charge is 0.389 e. The van der Waals surface area contributed by atoms with E-state index in [0.29, 0.717) is 6.42 Å². The Kier molecular flexibility index (Phi) is 5.12. The number of hydrogen-bond acceptors (Lipinski definition) is 2. The second-order valence-electron chi connectivity index (χ2n) is 2.09. The zero-order valence-corrected chi connectivity index (χ0v) is 7.39. The lowest BCUT2D eigenvalue weighted by Gasteiger charge is -2.05. The van der Waals surface area contributed by atoms with Gasteiger partial charge in [-0.1, -0.05) is 18.9 Å². The summed E-state index contributed by atoms with van der Waals surface area (Å²) < 4.78 is 36.9. The molecular weight excluding hydrogens is 191 g/mol. The molecule has 0 saturated heterocycles. The molecule has 0 fully saturated rings. The van der Waals surface area contributed by atoms with Gasteiger partial charge in [-0.05, 0) is 0 Å². The smallest absolute Gasteiger partial charge is 0.300 e. The molecule has 0 unspecified atom stereocenters. The van der Waals surface area contributed by atoms with Crippen molar-refractivity contribution in [2.45, 2.75) is 25.9 Å². The van der Waals surface area contributed by atoms with E-state index in [4.69, 9.17) is 0 Å². The van der Waals surface area contributed by atoms with E-state index in [2.05, 4.69) is 4.72 Å². The molecule has 0 aromatic rings. The molecule has 0 aromatic heterocycles. The van der Waals surface area contributed by atoms with Gasteiger partial charge in [0.15, 0.2) is 0 Å². The summed E-state index contributed by atoms with van der Waals surface area (Å²) in [5.74, 6) is -0.378. The monoisotopic (exact) mass is 201 g/mol. The van der Waals surface area contributed by atoms with E-state index in [9.17, 15) is 18.0 Å². The topological polar surface area (TPSA) is 29.1 Å². The van der Waals surface area contributed by atoms with Gasteiger partial charge in [-0.2, -0.15) is 13.2 Å². The number of amides is 1. The van der Waals surface area contributed by atoms with Gasteiger partial charge < -0.3 is 4.72 Å². The standard InChI is InChI=1S/C6H10F3NOS/c1-2-5(11)10-12-4-3-6(7,8)9/h2-4H2,1H3,(H,10,11). The Bertz CT molecular complexity index is 148. The molecular formula is C6H10F3NOS. The fraction of sp³-hybridized carbons (Fsp3) is 0.833. The fourth-order valence-electron chi connectivity index (χ4n) is 0.370. The number of alkyl halides is 3. The molecule has 0 rings (SSSR count). The summed E-state index contributed by atoms with van der Waals surface area (Å²) in [6, 6.07) is 0. The molecule has 2 nitrogen and oxygen atoms in total. The van der Waals surface area contributed by atoms with Gasteiger partial charge in [0.05, 0.1) is 6.42 Å². The number of nitrogens with one attached hydrogen (secondary N) is 1. The molecule has 12 heavy (non-hydrogen) atoms. The lowest BCUT2D eigenvalue weighted by molar-refractivity contribution is -0.129. The van der Waals surface area contributed by atoms with E-state index in [1.165, 1.54) is 0 Å². The fourth-order valence-corrected chi connectivity index (χ4v) is 1.11. The van der Waals surface area contributed by atoms with Gasteiger partial charge in [0.1, 0.15) is 0 Å². The van der Waals surface area contributed by atoms with Crippen LogP contribution >= 0.6 is 11.9 Å². The maximum Gasteiger partial charge on any atom is 0.389 e. The van der Waals surface area contributed by atoms with E-state index in [-0.39, 0.29) is 11.7 Å². The van der Waals surface area contributed by atoms with Crippen LogP contribution in [-0.4, -0.2) is 17.8 Å². The Balaban J connectivity index is 3.28. The quantitative estimate of drug-likeness (QED) is 0.557. The Hall–Kier alpha value is -0.390. The SMILES string of the molecule is CCC(=O)NSCCC(F)(F)F. The minimum atomic E-state index is -4.13. The third kappa shape index (κ3) is 7.71. The van der Waals surface area contributed by atoms with Gasteiger partial charge in [0, 0.05) is 12.2 Å². The molecule has 1 amide bonds. The van der Waals surface area contributed by atoms with E-state index >= 15 is 0 Å². The van der Waals surface area contributed by atoms with Gasteiger partial charge >= 0.3 is 6.18 Å². The highest BCUT2D eigenvalue weighted by atomic mass is 32.2. The zero-order valence-electron chi connectivity index (χ0n) is 6.57. The van der Waals surface area contributed by atoms with Gasteiger partial charge in [-0.15, -0.1) is 0 Å². The van der Waals surface area contributed by atoms with Crippen LogP contribution in [0.5, 0.6) is 0 Å². The van der Waals surface area contributed by atoms with Crippen molar-refractivity contribution in [1.29, 1.82) is 0 Å². The molecule has 0 aliphatic heterocycles. The Morgan fingerprint density at radius 3 is 2.50 bits per heavy atom. The van der Waals surface area contributed by atoms with Crippen LogP contribution in [0.4, 0.5) is 13.2 Å². The number of hydrogen-bond donors (Lipinski definition) is 1. The van der Waals surface area contributed by atoms with E-state index in [0.717, 1.165) is 11.9 Å². The molecule has 0 aliphatic rings. The van der Waals surface area contributed by atoms with Crippen LogP contribution in [-0.2, 0) is 4.79 Å². The molecule has 0 saturated carbocycles. The number of carbonyl (C=O) groups excluding carboxylic acids is 1. The highest BCUT2D eigenvalue weighted by molar-refractivity contribution is 7.97. The molecule has 0 heterocycles. The van der Waals surface area contributed by atoms with Crippen LogP contribution in [0.3, 0.4) is 0 Å². The first kappa shape index (κ1) is 11.6. The summed E-state index contributed by atoms with van der Waals surface area (Å²) in [6.45, 7) is 1.64. The predicted molar refractivity (Wildman–Crippen MR) is 41.6 cm³/mol. The van der Waals surface area contributed by atoms with Crippen molar-refractivity contribution < 1.29 is 18.0 Å². The number of rotatable bonds is 4. The third-order valence-corrected chi connectivity index (χ3v) is 1.77. The Morgan fingerprint density at radius 1 is 1.50 bits per heavy atom. The van der Waals surface area contributed by atoms with Gasteiger partial charge in [0.2, 0.25) is 5.91 Å². The predicted octanol–water partition coefficient (Wildman–Crippen LogP) is 2.11. The van der Waals surface area contributed by atoms with Crippen molar-refractivity contribution in [3.8, 4) is 0 Å². The van der Waals surface area contributed by atoms with Crippen molar-refractivity contribution in [1.82, 2.24) is 4.72 Å². The van der Waals surface area contributed by atoms with E-state index in [1.807, 2.05) is 0 Å². The molecule has 0 aliphatic carbocycles. The van der Waals surface area contributed by atoms with Crippen molar-refractivity contribution in [2.24, 2.45) is 0 Å². The lowest BCUT2D eigenvalue weighted by atomic mass is 10.5. The summed E-state index contributed by atoms with van der Waals surface area (Å²) in [7, 11) is 0. The number of carbonyl (C=O) groups is 1. The molecule has 72 valence electrons. The zero-order chi connectivity index (χ0) is 9.61. The van der Waals surface area contributed by atoms with Crippen molar-refractivity contribution in [3.05, 3.63) is 0 Å². The maximum absolute atomic E-state index is 11.5. The highest BCUT2D eigenvalue weighted by Crippen LogP contribution is 2.20. The minimum absolute atomic E-state index is 0.130. The summed E-state index contributed by atoms with van der Waals surface area (Å²) in [5.41, 5.74) is 0. The first-order valence-corrected chi connectivity index (χ1v) is 4.41. The Morgan fingerprint density at radius 2 is 2.08 bits per heavy atom. The van der Waals surface area contributed by atoms with Crippen LogP contribution in [0.1, 0.15) is 19.8 Å². The second kappa shape index (κ2) is 5.29. The summed E-state index contributed by atoms with van der Waals surface area (Å²) in [6.07, 6.45) is -4.72. The van der Waals surface area contributed by atoms with Crippen LogP contribution in [0.2, 0.25) is 0 Å². The van der Waals surface area contributed by atoms with Gasteiger partial charge in [-0.3, -0.25) is 4.79 Å². The molecule has 1 N–H and O–H groups in total. The van der Waals surface area contributed by atoms with Crippen molar-refractivity contribution in [2.75, 3.05) is 5.75 Å². The van der Waals surface area contributed by atoms with E-state index < -0.39 is 12.6 Å². The van der Waals surface area contributed by atoms with Crippen LogP contribution in [0, 0.1) is 0 Å². The average molecular weight is 201 g/mol. The van der Waals surface area contributed by atoms with Crippen molar-refractivity contribution in [3.63, 3.8) is 0 Å². The van der Waals surface area contributed by atoms with Crippen LogP contribution in [0.15, 0.2) is 0 Å². The highest BCUT2D eigenvalue weighted by Gasteiger charge is 2.26. The minimum Gasteiger partial charge on any atom is -0.300 e. The first-order valence-electron chi connectivity index (χ1n) is 3.43. The van der Waals surface area contributed by atoms with Crippen molar-refractivity contribution >= 4 is 17.9 Å². The molecule has 6 heteroatoms. The molecule has 0 aromatic carbocycles. The third-order valence-electron chi connectivity index (χ3n) is 0.995. The van der Waals surface area contributed by atoms with E-state index in [1.54, 1.807) is 6.92 Å². The Labute approximate surface area is 73.0 Å². The van der Waals surface area contributed by atoms with Gasteiger partial charge in [0.25, 0.3) is 0 Å². The lowest BCUT2D eigenvalue weighted by Crippen LogP contribution is -2.16. The molecule has 0 atom stereocenters. The van der Waals surface area contributed by atoms with Crippen LogP contribution in [0.25, 0.3) is 0 Å². The molecule has 0 spiro atoms. The maximum atomic E-state index is 11.5. The summed E-state index contributed by atoms with van der Waals surface area (Å²) in [4.78, 5) is 10.5. The van der Waals surface area contributed by atoms with Crippen LogP contribution < -0.4 is 4.72 Å². The summed E-state index contributed by atoms with van der Waals surface area (Å²) in [5, 5.41) is 0. The summed E-state index contributed by atoms with van der Waals surface area (Å²) >= 11 is 0.793. The average Bonchev–Trinajstić information content (AvgIpc) is 1.96. The normalized spacial score (nSPS) is 11.3. The molecule has 0 bridgehead atoms.